The van der Waals surface area contributed by atoms with Gasteiger partial charge in [0.15, 0.2) is 11.5 Å². The van der Waals surface area contributed by atoms with Gasteiger partial charge in [-0.1, -0.05) is 25.1 Å². The molecule has 0 aliphatic rings. The van der Waals surface area contributed by atoms with Gasteiger partial charge in [-0.05, 0) is 61.7 Å². The van der Waals surface area contributed by atoms with Gasteiger partial charge in [0.2, 0.25) is 0 Å². The number of carbonyl (C=O) groups is 1. The third kappa shape index (κ3) is 6.65. The van der Waals surface area contributed by atoms with Crippen LogP contribution in [0.2, 0.25) is 0 Å². The molecular weight excluding hydrogens is 371 g/mol. The fraction of sp³-hybridized carbons (Fsp3) is 0.304. The van der Waals surface area contributed by atoms with E-state index in [1.54, 1.807) is 30.3 Å². The van der Waals surface area contributed by atoms with E-state index in [9.17, 15) is 14.4 Å². The first kappa shape index (κ1) is 22.0. The van der Waals surface area contributed by atoms with Crippen molar-refractivity contribution in [1.82, 2.24) is 5.32 Å². The minimum atomic E-state index is -0.411. The molecule has 2 aromatic carbocycles. The maximum atomic E-state index is 13.3. The first-order chi connectivity index (χ1) is 14.0. The van der Waals surface area contributed by atoms with Crippen molar-refractivity contribution in [2.45, 2.75) is 39.8 Å². The summed E-state index contributed by atoms with van der Waals surface area (Å²) in [7, 11) is 0. The standard InChI is InChI=1S/C23H25FN2O3/c1-4-16(3)26-23(27)19(14-25)11-17-9-10-21(22(13-17)28-5-2)29-15-18-7-6-8-20(24)12-18/h6-13,16H,4-5,15H2,1-3H3,(H,26,27)/b19-11+/t16-/m0/s1. The monoisotopic (exact) mass is 396 g/mol. The second kappa shape index (κ2) is 10.9. The van der Waals surface area contributed by atoms with Gasteiger partial charge >= 0.3 is 0 Å². The average molecular weight is 396 g/mol. The lowest BCUT2D eigenvalue weighted by Gasteiger charge is -2.13. The Labute approximate surface area is 170 Å². The molecular formula is C23H25FN2O3. The van der Waals surface area contributed by atoms with Crippen molar-refractivity contribution in [1.29, 1.82) is 5.26 Å². The van der Waals surface area contributed by atoms with Gasteiger partial charge in [-0.25, -0.2) is 4.39 Å². The number of ether oxygens (including phenoxy) is 2. The lowest BCUT2D eigenvalue weighted by atomic mass is 10.1. The van der Waals surface area contributed by atoms with E-state index in [-0.39, 0.29) is 24.0 Å². The maximum absolute atomic E-state index is 13.3. The molecule has 0 saturated heterocycles. The van der Waals surface area contributed by atoms with Gasteiger partial charge < -0.3 is 14.8 Å². The lowest BCUT2D eigenvalue weighted by molar-refractivity contribution is -0.117. The summed E-state index contributed by atoms with van der Waals surface area (Å²) in [6.45, 7) is 6.29. The average Bonchev–Trinajstić information content (AvgIpc) is 2.71. The van der Waals surface area contributed by atoms with E-state index in [0.29, 0.717) is 29.2 Å². The van der Waals surface area contributed by atoms with Gasteiger partial charge in [0, 0.05) is 6.04 Å². The molecule has 0 bridgehead atoms. The molecule has 5 nitrogen and oxygen atoms in total. The van der Waals surface area contributed by atoms with E-state index >= 15 is 0 Å². The van der Waals surface area contributed by atoms with Crippen molar-refractivity contribution in [2.24, 2.45) is 0 Å². The summed E-state index contributed by atoms with van der Waals surface area (Å²) in [6.07, 6.45) is 2.28. The highest BCUT2D eigenvalue weighted by atomic mass is 19.1. The zero-order valence-electron chi connectivity index (χ0n) is 16.9. The number of hydrogen-bond donors (Lipinski definition) is 1. The summed E-state index contributed by atoms with van der Waals surface area (Å²) < 4.78 is 24.7. The van der Waals surface area contributed by atoms with Crippen LogP contribution in [0.4, 0.5) is 4.39 Å². The number of carbonyl (C=O) groups excluding carboxylic acids is 1. The molecule has 29 heavy (non-hydrogen) atoms. The summed E-state index contributed by atoms with van der Waals surface area (Å²) in [5, 5.41) is 12.1. The Morgan fingerprint density at radius 1 is 1.21 bits per heavy atom. The number of benzene rings is 2. The van der Waals surface area contributed by atoms with Crippen molar-refractivity contribution < 1.29 is 18.7 Å². The number of nitriles is 1. The highest BCUT2D eigenvalue weighted by Gasteiger charge is 2.13. The normalized spacial score (nSPS) is 12.0. The van der Waals surface area contributed by atoms with E-state index in [2.05, 4.69) is 5.32 Å². The van der Waals surface area contributed by atoms with E-state index in [1.807, 2.05) is 26.8 Å². The summed E-state index contributed by atoms with van der Waals surface area (Å²) in [5.41, 5.74) is 1.36. The van der Waals surface area contributed by atoms with Crippen molar-refractivity contribution in [3.8, 4) is 17.6 Å². The molecule has 1 atom stereocenters. The van der Waals surface area contributed by atoms with Gasteiger partial charge in [0.1, 0.15) is 24.1 Å². The third-order valence-corrected chi connectivity index (χ3v) is 4.22. The summed E-state index contributed by atoms with van der Waals surface area (Å²) in [5.74, 6) is 0.246. The molecule has 0 unspecified atom stereocenters. The molecule has 2 aromatic rings. The Morgan fingerprint density at radius 3 is 2.66 bits per heavy atom. The molecule has 0 fully saturated rings. The van der Waals surface area contributed by atoms with Crippen LogP contribution in [-0.2, 0) is 11.4 Å². The Bertz CT molecular complexity index is 919. The van der Waals surface area contributed by atoms with Crippen molar-refractivity contribution in [3.05, 3.63) is 65.0 Å². The molecule has 152 valence electrons. The second-order valence-electron chi connectivity index (χ2n) is 6.51. The molecule has 0 aliphatic heterocycles. The van der Waals surface area contributed by atoms with Gasteiger partial charge in [-0.15, -0.1) is 0 Å². The molecule has 6 heteroatoms. The van der Waals surface area contributed by atoms with Crippen LogP contribution in [0.15, 0.2) is 48.0 Å². The number of amides is 1. The second-order valence-corrected chi connectivity index (χ2v) is 6.51. The Kier molecular flexibility index (Phi) is 8.23. The zero-order chi connectivity index (χ0) is 21.2. The summed E-state index contributed by atoms with van der Waals surface area (Å²) >= 11 is 0. The first-order valence-electron chi connectivity index (χ1n) is 9.53. The molecule has 0 radical (unpaired) electrons. The van der Waals surface area contributed by atoms with Crippen LogP contribution >= 0.6 is 0 Å². The molecule has 1 amide bonds. The number of halogens is 1. The fourth-order valence-electron chi connectivity index (χ4n) is 2.51. The molecule has 1 N–H and O–H groups in total. The van der Waals surface area contributed by atoms with Crippen LogP contribution < -0.4 is 14.8 Å². The number of nitrogens with one attached hydrogen (secondary N) is 1. The zero-order valence-corrected chi connectivity index (χ0v) is 16.9. The van der Waals surface area contributed by atoms with Crippen LogP contribution in [0.25, 0.3) is 6.08 Å². The SMILES string of the molecule is CCOc1cc(/C=C(\C#N)C(=O)N[C@@H](C)CC)ccc1OCc1cccc(F)c1. The lowest BCUT2D eigenvalue weighted by Crippen LogP contribution is -2.32. The largest absolute Gasteiger partial charge is 0.490 e. The van der Waals surface area contributed by atoms with Crippen LogP contribution in [-0.4, -0.2) is 18.6 Å². The van der Waals surface area contributed by atoms with Crippen molar-refractivity contribution >= 4 is 12.0 Å². The Hall–Kier alpha value is -3.33. The summed E-state index contributed by atoms with van der Waals surface area (Å²) in [6, 6.07) is 13.3. The predicted molar refractivity (Wildman–Crippen MR) is 110 cm³/mol. The quantitative estimate of drug-likeness (QED) is 0.496. The minimum Gasteiger partial charge on any atom is -0.490 e. The first-order valence-corrected chi connectivity index (χ1v) is 9.53. The van der Waals surface area contributed by atoms with Crippen LogP contribution in [0.1, 0.15) is 38.3 Å². The molecule has 0 heterocycles. The molecule has 2 rings (SSSR count). The third-order valence-electron chi connectivity index (χ3n) is 4.22. The topological polar surface area (TPSA) is 71.3 Å². The minimum absolute atomic E-state index is 0.0150. The van der Waals surface area contributed by atoms with E-state index < -0.39 is 5.91 Å². The number of rotatable bonds is 9. The van der Waals surface area contributed by atoms with Crippen molar-refractivity contribution in [2.75, 3.05) is 6.61 Å². The van der Waals surface area contributed by atoms with E-state index in [4.69, 9.17) is 9.47 Å². The van der Waals surface area contributed by atoms with Gasteiger partial charge in [0.25, 0.3) is 5.91 Å². The Balaban J connectivity index is 2.21. The van der Waals surface area contributed by atoms with E-state index in [1.165, 1.54) is 18.2 Å². The van der Waals surface area contributed by atoms with Gasteiger partial charge in [-0.2, -0.15) is 5.26 Å². The maximum Gasteiger partial charge on any atom is 0.262 e. The van der Waals surface area contributed by atoms with Gasteiger partial charge in [-0.3, -0.25) is 4.79 Å². The highest BCUT2D eigenvalue weighted by molar-refractivity contribution is 6.01. The van der Waals surface area contributed by atoms with Crippen molar-refractivity contribution in [3.63, 3.8) is 0 Å². The molecule has 0 aromatic heterocycles. The predicted octanol–water partition coefficient (Wildman–Crippen LogP) is 4.63. The molecule has 0 saturated carbocycles. The van der Waals surface area contributed by atoms with Crippen LogP contribution in [0.5, 0.6) is 11.5 Å². The molecule has 0 spiro atoms. The van der Waals surface area contributed by atoms with Crippen LogP contribution in [0, 0.1) is 17.1 Å². The molecule has 0 aliphatic carbocycles. The fourth-order valence-corrected chi connectivity index (χ4v) is 2.51. The Morgan fingerprint density at radius 2 is 2.00 bits per heavy atom. The highest BCUT2D eigenvalue weighted by Crippen LogP contribution is 2.30. The number of hydrogen-bond acceptors (Lipinski definition) is 4. The summed E-state index contributed by atoms with van der Waals surface area (Å²) in [4.78, 5) is 12.2. The number of nitrogens with zero attached hydrogens (tertiary/aromatic N) is 1. The van der Waals surface area contributed by atoms with Crippen LogP contribution in [0.3, 0.4) is 0 Å². The van der Waals surface area contributed by atoms with E-state index in [0.717, 1.165) is 6.42 Å². The van der Waals surface area contributed by atoms with Gasteiger partial charge in [0.05, 0.1) is 6.61 Å². The smallest absolute Gasteiger partial charge is 0.262 e.